The molecule has 0 aliphatic carbocycles. The highest BCUT2D eigenvalue weighted by atomic mass is 16.7. The maximum atomic E-state index is 11.8. The van der Waals surface area contributed by atoms with Crippen LogP contribution in [0.1, 0.15) is 130 Å². The molecular formula is C25H50O3. The van der Waals surface area contributed by atoms with E-state index in [0.29, 0.717) is 25.0 Å². The number of hydrogen-bond donors (Lipinski definition) is 0. The largest absolute Gasteiger partial charge is 0.508 e. The summed E-state index contributed by atoms with van der Waals surface area (Å²) in [5, 5.41) is 0. The molecule has 0 aromatic rings. The van der Waals surface area contributed by atoms with Gasteiger partial charge in [0.25, 0.3) is 0 Å². The zero-order valence-electron chi connectivity index (χ0n) is 19.6. The molecule has 2 unspecified atom stereocenters. The summed E-state index contributed by atoms with van der Waals surface area (Å²) in [5.74, 6) is 0.849. The Labute approximate surface area is 176 Å². The Kier molecular flexibility index (Phi) is 20.4. The van der Waals surface area contributed by atoms with Gasteiger partial charge in [0.15, 0.2) is 0 Å². The van der Waals surface area contributed by atoms with Crippen LogP contribution in [-0.2, 0) is 9.47 Å². The molecule has 28 heavy (non-hydrogen) atoms. The molecule has 3 nitrogen and oxygen atoms in total. The lowest BCUT2D eigenvalue weighted by molar-refractivity contribution is 0.0356. The van der Waals surface area contributed by atoms with Crippen LogP contribution in [-0.4, -0.2) is 19.4 Å². The second-order valence-electron chi connectivity index (χ2n) is 8.90. The maximum Gasteiger partial charge on any atom is 0.508 e. The van der Waals surface area contributed by atoms with Gasteiger partial charge in [0, 0.05) is 0 Å². The Morgan fingerprint density at radius 2 is 0.893 bits per heavy atom. The van der Waals surface area contributed by atoms with Crippen LogP contribution in [0.15, 0.2) is 0 Å². The van der Waals surface area contributed by atoms with Crippen LogP contribution >= 0.6 is 0 Å². The van der Waals surface area contributed by atoms with E-state index in [1.807, 2.05) is 0 Å². The van der Waals surface area contributed by atoms with Crippen LogP contribution in [0, 0.1) is 11.8 Å². The molecule has 0 aromatic heterocycles. The van der Waals surface area contributed by atoms with Gasteiger partial charge in [-0.3, -0.25) is 0 Å². The van der Waals surface area contributed by atoms with Gasteiger partial charge >= 0.3 is 6.16 Å². The fourth-order valence-electron chi connectivity index (χ4n) is 3.53. The molecule has 0 aromatic carbocycles. The van der Waals surface area contributed by atoms with Crippen molar-refractivity contribution in [2.24, 2.45) is 11.8 Å². The van der Waals surface area contributed by atoms with Gasteiger partial charge in [0.2, 0.25) is 0 Å². The highest BCUT2D eigenvalue weighted by molar-refractivity contribution is 5.59. The Balaban J connectivity index is 3.47. The molecule has 0 saturated heterocycles. The second kappa shape index (κ2) is 21.0. The van der Waals surface area contributed by atoms with Crippen molar-refractivity contribution in [2.75, 3.05) is 13.2 Å². The molecule has 168 valence electrons. The summed E-state index contributed by atoms with van der Waals surface area (Å²) in [6, 6.07) is 0. The van der Waals surface area contributed by atoms with E-state index in [1.165, 1.54) is 89.9 Å². The molecule has 0 aliphatic heterocycles. The zero-order chi connectivity index (χ0) is 20.9. The Morgan fingerprint density at radius 3 is 1.25 bits per heavy atom. The highest BCUT2D eigenvalue weighted by Crippen LogP contribution is 2.15. The van der Waals surface area contributed by atoms with E-state index in [2.05, 4.69) is 27.7 Å². The van der Waals surface area contributed by atoms with E-state index >= 15 is 0 Å². The minimum Gasteiger partial charge on any atom is -0.434 e. The number of carbonyl (C=O) groups is 1. The van der Waals surface area contributed by atoms with Crippen LogP contribution in [0.2, 0.25) is 0 Å². The number of hydrogen-bond acceptors (Lipinski definition) is 3. The van der Waals surface area contributed by atoms with Crippen LogP contribution in [0.4, 0.5) is 4.79 Å². The van der Waals surface area contributed by atoms with Crippen molar-refractivity contribution < 1.29 is 14.3 Å². The van der Waals surface area contributed by atoms with E-state index in [0.717, 1.165) is 12.8 Å². The monoisotopic (exact) mass is 398 g/mol. The number of carbonyl (C=O) groups excluding carboxylic acids is 1. The molecule has 0 N–H and O–H groups in total. The average molecular weight is 399 g/mol. The van der Waals surface area contributed by atoms with E-state index in [9.17, 15) is 4.79 Å². The summed E-state index contributed by atoms with van der Waals surface area (Å²) < 4.78 is 10.6. The van der Waals surface area contributed by atoms with Crippen molar-refractivity contribution in [3.05, 3.63) is 0 Å². The smallest absolute Gasteiger partial charge is 0.434 e. The molecule has 0 radical (unpaired) electrons. The first kappa shape index (κ1) is 27.3. The summed E-state index contributed by atoms with van der Waals surface area (Å²) in [7, 11) is 0. The summed E-state index contributed by atoms with van der Waals surface area (Å²) in [6.45, 7) is 9.80. The first-order valence-electron chi connectivity index (χ1n) is 12.4. The number of unbranched alkanes of at least 4 members (excludes halogenated alkanes) is 12. The van der Waals surface area contributed by atoms with Crippen LogP contribution in [0.5, 0.6) is 0 Å². The molecule has 0 fully saturated rings. The highest BCUT2D eigenvalue weighted by Gasteiger charge is 2.11. The van der Waals surface area contributed by atoms with E-state index in [1.54, 1.807) is 0 Å². The molecular weight excluding hydrogens is 348 g/mol. The van der Waals surface area contributed by atoms with Crippen molar-refractivity contribution in [2.45, 2.75) is 130 Å². The molecule has 0 rings (SSSR count). The van der Waals surface area contributed by atoms with Gasteiger partial charge in [-0.1, -0.05) is 118 Å². The Morgan fingerprint density at radius 1 is 0.571 bits per heavy atom. The third-order valence-corrected chi connectivity index (χ3v) is 5.57. The average Bonchev–Trinajstić information content (AvgIpc) is 2.69. The van der Waals surface area contributed by atoms with Crippen LogP contribution in [0.3, 0.4) is 0 Å². The lowest BCUT2D eigenvalue weighted by Gasteiger charge is -2.14. The van der Waals surface area contributed by atoms with E-state index in [4.69, 9.17) is 9.47 Å². The van der Waals surface area contributed by atoms with Gasteiger partial charge in [0.05, 0.1) is 13.2 Å². The Hall–Kier alpha value is -0.730. The summed E-state index contributed by atoms with van der Waals surface area (Å²) in [4.78, 5) is 11.8. The van der Waals surface area contributed by atoms with Gasteiger partial charge in [-0.15, -0.1) is 0 Å². The standard InChI is InChI=1S/C25H50O3/c1-5-7-9-11-13-15-17-19-23(3)21-27-25(26)28-22-24(4)20-18-16-14-12-10-8-6-2/h23-24H,5-22H2,1-4H3. The van der Waals surface area contributed by atoms with Crippen molar-refractivity contribution in [1.82, 2.24) is 0 Å². The van der Waals surface area contributed by atoms with Gasteiger partial charge in [0.1, 0.15) is 0 Å². The van der Waals surface area contributed by atoms with Gasteiger partial charge < -0.3 is 9.47 Å². The molecule has 0 saturated carbocycles. The number of rotatable bonds is 20. The fourth-order valence-corrected chi connectivity index (χ4v) is 3.53. The second-order valence-corrected chi connectivity index (χ2v) is 8.90. The molecule has 3 heteroatoms. The van der Waals surface area contributed by atoms with Crippen LogP contribution in [0.25, 0.3) is 0 Å². The number of ether oxygens (including phenoxy) is 2. The predicted molar refractivity (Wildman–Crippen MR) is 121 cm³/mol. The minimum absolute atomic E-state index is 0.424. The normalized spacial score (nSPS) is 13.3. The van der Waals surface area contributed by atoms with Crippen molar-refractivity contribution in [1.29, 1.82) is 0 Å². The molecule has 0 aliphatic rings. The fraction of sp³-hybridized carbons (Fsp3) is 0.960. The van der Waals surface area contributed by atoms with E-state index in [-0.39, 0.29) is 0 Å². The minimum atomic E-state index is -0.488. The zero-order valence-corrected chi connectivity index (χ0v) is 19.6. The first-order chi connectivity index (χ1) is 13.6. The van der Waals surface area contributed by atoms with Crippen molar-refractivity contribution >= 4 is 6.16 Å². The molecule has 0 spiro atoms. The predicted octanol–water partition coefficient (Wildman–Crippen LogP) is 8.69. The topological polar surface area (TPSA) is 35.5 Å². The lowest BCUT2D eigenvalue weighted by Crippen LogP contribution is -2.16. The molecule has 0 bridgehead atoms. The van der Waals surface area contributed by atoms with E-state index < -0.39 is 6.16 Å². The third-order valence-electron chi connectivity index (χ3n) is 5.57. The van der Waals surface area contributed by atoms with Gasteiger partial charge in [-0.25, -0.2) is 4.79 Å². The lowest BCUT2D eigenvalue weighted by atomic mass is 10.0. The van der Waals surface area contributed by atoms with Gasteiger partial charge in [-0.2, -0.15) is 0 Å². The first-order valence-corrected chi connectivity index (χ1v) is 12.4. The molecule has 0 heterocycles. The summed E-state index contributed by atoms with van der Waals surface area (Å²) in [5.41, 5.74) is 0. The van der Waals surface area contributed by atoms with Crippen molar-refractivity contribution in [3.8, 4) is 0 Å². The quantitative estimate of drug-likeness (QED) is 0.152. The van der Waals surface area contributed by atoms with Crippen LogP contribution < -0.4 is 0 Å². The van der Waals surface area contributed by atoms with Gasteiger partial charge in [-0.05, 0) is 24.7 Å². The SMILES string of the molecule is CCCCCCCCCC(C)COC(=O)OCC(C)CCCCCCCCC. The molecule has 2 atom stereocenters. The third kappa shape index (κ3) is 20.0. The Bertz CT molecular complexity index is 300. The summed E-state index contributed by atoms with van der Waals surface area (Å²) in [6.07, 6.45) is 20.4. The summed E-state index contributed by atoms with van der Waals surface area (Å²) >= 11 is 0. The van der Waals surface area contributed by atoms with Crippen molar-refractivity contribution in [3.63, 3.8) is 0 Å². The molecule has 0 amide bonds. The maximum absolute atomic E-state index is 11.8.